The number of rotatable bonds is 8. The third-order valence-corrected chi connectivity index (χ3v) is 4.57. The second-order valence-corrected chi connectivity index (χ2v) is 6.72. The van der Waals surface area contributed by atoms with E-state index in [-0.39, 0.29) is 23.4 Å². The molecule has 31 heavy (non-hydrogen) atoms. The van der Waals surface area contributed by atoms with E-state index >= 15 is 0 Å². The number of hydrogen-bond acceptors (Lipinski definition) is 4. The molecule has 3 rings (SSSR count). The molecule has 0 spiro atoms. The molecule has 0 bridgehead atoms. The van der Waals surface area contributed by atoms with Crippen LogP contribution in [0.3, 0.4) is 0 Å². The van der Waals surface area contributed by atoms with Crippen LogP contribution in [0.25, 0.3) is 22.2 Å². The fourth-order valence-corrected chi connectivity index (χ4v) is 3.00. The predicted molar refractivity (Wildman–Crippen MR) is 100 cm³/mol. The first-order valence-electron chi connectivity index (χ1n) is 9.29. The highest BCUT2D eigenvalue weighted by Crippen LogP contribution is 2.29. The molecule has 3 aromatic rings. The Kier molecular flexibility index (Phi) is 6.94. The number of unbranched alkanes of at least 4 members (excludes halogenated alkanes) is 2. The highest BCUT2D eigenvalue weighted by molar-refractivity contribution is 5.85. The van der Waals surface area contributed by atoms with Crippen molar-refractivity contribution in [3.63, 3.8) is 0 Å². The Labute approximate surface area is 172 Å². The Bertz CT molecular complexity index is 1100. The lowest BCUT2D eigenvalue weighted by molar-refractivity contribution is -0.138. The molecule has 0 N–H and O–H groups in total. The van der Waals surface area contributed by atoms with Gasteiger partial charge in [0.25, 0.3) is 5.56 Å². The molecule has 0 aliphatic heterocycles. The van der Waals surface area contributed by atoms with Gasteiger partial charge in [-0.3, -0.25) is 4.79 Å². The second-order valence-electron chi connectivity index (χ2n) is 6.72. The summed E-state index contributed by atoms with van der Waals surface area (Å²) in [6.45, 7) is -2.57. The molecule has 0 fully saturated rings. The standard InChI is InChI=1S/C20H17F6N3O2/c21-16-9-14-12(8-15(16)17-27-10-13(11-28-17)20(24,25)26)4-6-29(18(14)30)5-2-1-3-7-31-19(22)23/h4,6,8-11,19H,1-3,5,7H2. The van der Waals surface area contributed by atoms with E-state index in [2.05, 4.69) is 14.7 Å². The average molecular weight is 445 g/mol. The largest absolute Gasteiger partial charge is 0.419 e. The maximum atomic E-state index is 14.6. The van der Waals surface area contributed by atoms with Crippen molar-refractivity contribution < 1.29 is 31.1 Å². The number of benzene rings is 1. The van der Waals surface area contributed by atoms with Gasteiger partial charge in [-0.05, 0) is 42.8 Å². The van der Waals surface area contributed by atoms with Crippen molar-refractivity contribution in [1.82, 2.24) is 14.5 Å². The number of nitrogens with zero attached hydrogens (tertiary/aromatic N) is 3. The van der Waals surface area contributed by atoms with Crippen molar-refractivity contribution in [2.75, 3.05) is 6.61 Å². The maximum absolute atomic E-state index is 14.6. The number of fused-ring (bicyclic) bond motifs is 1. The zero-order valence-electron chi connectivity index (χ0n) is 16.0. The summed E-state index contributed by atoms with van der Waals surface area (Å²) in [5.74, 6) is -1.08. The molecular formula is C20H17F6N3O2. The van der Waals surface area contributed by atoms with Crippen LogP contribution in [0.2, 0.25) is 0 Å². The van der Waals surface area contributed by atoms with Gasteiger partial charge in [-0.15, -0.1) is 0 Å². The normalized spacial score (nSPS) is 12.1. The smallest absolute Gasteiger partial charge is 0.323 e. The van der Waals surface area contributed by atoms with E-state index in [1.54, 1.807) is 6.07 Å². The first kappa shape index (κ1) is 22.7. The Hall–Kier alpha value is -2.95. The minimum absolute atomic E-state index is 0.0791. The lowest BCUT2D eigenvalue weighted by atomic mass is 10.1. The van der Waals surface area contributed by atoms with E-state index < -0.39 is 29.7 Å². The lowest BCUT2D eigenvalue weighted by Gasteiger charge is -2.10. The number of pyridine rings is 1. The number of alkyl halides is 5. The number of aromatic nitrogens is 3. The molecule has 0 amide bonds. The zero-order chi connectivity index (χ0) is 22.6. The van der Waals surface area contributed by atoms with Gasteiger partial charge in [-0.25, -0.2) is 14.4 Å². The first-order chi connectivity index (χ1) is 14.7. The predicted octanol–water partition coefficient (Wildman–Crippen LogP) is 5.03. The molecule has 11 heteroatoms. The molecule has 2 heterocycles. The van der Waals surface area contributed by atoms with E-state index in [1.165, 1.54) is 16.8 Å². The third-order valence-electron chi connectivity index (χ3n) is 4.57. The van der Waals surface area contributed by atoms with Crippen LogP contribution in [0.4, 0.5) is 26.3 Å². The van der Waals surface area contributed by atoms with Gasteiger partial charge in [0.1, 0.15) is 5.82 Å². The Morgan fingerprint density at radius 2 is 1.77 bits per heavy atom. The summed E-state index contributed by atoms with van der Waals surface area (Å²) >= 11 is 0. The van der Waals surface area contributed by atoms with Gasteiger partial charge in [0.15, 0.2) is 5.82 Å². The van der Waals surface area contributed by atoms with Crippen LogP contribution >= 0.6 is 0 Å². The summed E-state index contributed by atoms with van der Waals surface area (Å²) in [5, 5.41) is 0.475. The molecule has 1 aromatic carbocycles. The van der Waals surface area contributed by atoms with Gasteiger partial charge >= 0.3 is 12.8 Å². The summed E-state index contributed by atoms with van der Waals surface area (Å²) in [6.07, 6.45) is -0.449. The van der Waals surface area contributed by atoms with Crippen molar-refractivity contribution in [3.8, 4) is 11.4 Å². The maximum Gasteiger partial charge on any atom is 0.419 e. The summed E-state index contributed by atoms with van der Waals surface area (Å²) in [6, 6.07) is 3.88. The summed E-state index contributed by atoms with van der Waals surface area (Å²) < 4.78 is 81.8. The van der Waals surface area contributed by atoms with E-state index in [9.17, 15) is 31.1 Å². The van der Waals surface area contributed by atoms with Gasteiger partial charge in [0.05, 0.1) is 23.1 Å². The molecule has 0 unspecified atom stereocenters. The van der Waals surface area contributed by atoms with E-state index in [0.717, 1.165) is 6.07 Å². The Morgan fingerprint density at radius 1 is 1.06 bits per heavy atom. The molecular weight excluding hydrogens is 428 g/mol. The van der Waals surface area contributed by atoms with Crippen LogP contribution in [-0.2, 0) is 17.5 Å². The third kappa shape index (κ3) is 5.60. The molecule has 0 radical (unpaired) electrons. The van der Waals surface area contributed by atoms with Crippen LogP contribution in [0.15, 0.2) is 41.6 Å². The Balaban J connectivity index is 1.77. The van der Waals surface area contributed by atoms with Gasteiger partial charge < -0.3 is 9.30 Å². The topological polar surface area (TPSA) is 57.0 Å². The van der Waals surface area contributed by atoms with E-state index in [1.807, 2.05) is 0 Å². The van der Waals surface area contributed by atoms with Crippen molar-refractivity contribution in [2.24, 2.45) is 0 Å². The average Bonchev–Trinajstić information content (AvgIpc) is 2.71. The van der Waals surface area contributed by atoms with Gasteiger partial charge in [0, 0.05) is 25.1 Å². The summed E-state index contributed by atoms with van der Waals surface area (Å²) in [7, 11) is 0. The SMILES string of the molecule is O=c1c2cc(F)c(-c3ncc(C(F)(F)F)cn3)cc2ccn1CCCCCOC(F)F. The summed E-state index contributed by atoms with van der Waals surface area (Å²) in [5.41, 5.74) is -1.63. The fourth-order valence-electron chi connectivity index (χ4n) is 3.00. The molecule has 0 saturated carbocycles. The van der Waals surface area contributed by atoms with Crippen molar-refractivity contribution in [1.29, 1.82) is 0 Å². The van der Waals surface area contributed by atoms with Gasteiger partial charge in [-0.2, -0.15) is 22.0 Å². The highest BCUT2D eigenvalue weighted by atomic mass is 19.4. The Morgan fingerprint density at radius 3 is 2.42 bits per heavy atom. The highest BCUT2D eigenvalue weighted by Gasteiger charge is 2.31. The lowest BCUT2D eigenvalue weighted by Crippen LogP contribution is -2.19. The van der Waals surface area contributed by atoms with Crippen LogP contribution in [0.5, 0.6) is 0 Å². The molecule has 5 nitrogen and oxygen atoms in total. The molecule has 0 aliphatic rings. The molecule has 0 saturated heterocycles. The number of halogens is 6. The number of aryl methyl sites for hydroxylation is 1. The van der Waals surface area contributed by atoms with Gasteiger partial charge in [0.2, 0.25) is 0 Å². The monoisotopic (exact) mass is 445 g/mol. The van der Waals surface area contributed by atoms with Crippen molar-refractivity contribution in [2.45, 2.75) is 38.6 Å². The molecule has 0 aliphatic carbocycles. The number of hydrogen-bond donors (Lipinski definition) is 0. The molecule has 2 aromatic heterocycles. The van der Waals surface area contributed by atoms with Crippen molar-refractivity contribution in [3.05, 3.63) is 58.5 Å². The first-order valence-corrected chi connectivity index (χ1v) is 9.29. The second kappa shape index (κ2) is 9.46. The van der Waals surface area contributed by atoms with Crippen LogP contribution in [0.1, 0.15) is 24.8 Å². The van der Waals surface area contributed by atoms with Gasteiger partial charge in [-0.1, -0.05) is 0 Å². The van der Waals surface area contributed by atoms with Crippen LogP contribution in [0, 0.1) is 5.82 Å². The number of ether oxygens (including phenoxy) is 1. The quantitative estimate of drug-likeness (QED) is 0.361. The summed E-state index contributed by atoms with van der Waals surface area (Å²) in [4.78, 5) is 19.8. The van der Waals surface area contributed by atoms with E-state index in [0.29, 0.717) is 43.6 Å². The van der Waals surface area contributed by atoms with E-state index in [4.69, 9.17) is 0 Å². The van der Waals surface area contributed by atoms with Crippen LogP contribution in [-0.4, -0.2) is 27.8 Å². The zero-order valence-corrected chi connectivity index (χ0v) is 16.0. The minimum Gasteiger partial charge on any atom is -0.323 e. The molecule has 166 valence electrons. The fraction of sp³-hybridized carbons (Fsp3) is 0.350. The molecule has 0 atom stereocenters. The van der Waals surface area contributed by atoms with Crippen molar-refractivity contribution >= 4 is 10.8 Å². The minimum atomic E-state index is -4.61. The van der Waals surface area contributed by atoms with Crippen LogP contribution < -0.4 is 5.56 Å².